The molecule has 2 atom stereocenters. The third-order valence-electron chi connectivity index (χ3n) is 3.67. The molecule has 0 radical (unpaired) electrons. The Morgan fingerprint density at radius 1 is 1.40 bits per heavy atom. The van der Waals surface area contributed by atoms with Crippen molar-refractivity contribution in [1.29, 1.82) is 0 Å². The lowest BCUT2D eigenvalue weighted by atomic mass is 10.1. The van der Waals surface area contributed by atoms with Crippen LogP contribution in [0.3, 0.4) is 0 Å². The summed E-state index contributed by atoms with van der Waals surface area (Å²) >= 11 is 0. The zero-order valence-electron chi connectivity index (χ0n) is 11.8. The number of fused-ring (bicyclic) bond motifs is 1. The number of anilines is 1. The van der Waals surface area contributed by atoms with Crippen LogP contribution in [0, 0.1) is 0 Å². The summed E-state index contributed by atoms with van der Waals surface area (Å²) in [5.74, 6) is 0. The topological polar surface area (TPSA) is 46.2 Å². The molecule has 0 bridgehead atoms. The van der Waals surface area contributed by atoms with Crippen molar-refractivity contribution in [2.24, 2.45) is 0 Å². The smallest absolute Gasteiger partial charge is 0.0933 e. The molecule has 2 unspecified atom stereocenters. The summed E-state index contributed by atoms with van der Waals surface area (Å²) in [6.07, 6.45) is 2.89. The Bertz CT molecular complexity index is 561. The highest BCUT2D eigenvalue weighted by Crippen LogP contribution is 2.22. The molecule has 4 heteroatoms. The number of aromatic nitrogens is 1. The highest BCUT2D eigenvalue weighted by Gasteiger charge is 2.16. The minimum Gasteiger partial charge on any atom is -0.381 e. The van der Waals surface area contributed by atoms with E-state index in [0.29, 0.717) is 12.1 Å². The van der Waals surface area contributed by atoms with E-state index in [2.05, 4.69) is 46.8 Å². The molecule has 1 fully saturated rings. The van der Waals surface area contributed by atoms with Crippen LogP contribution in [0.5, 0.6) is 0 Å². The fourth-order valence-corrected chi connectivity index (χ4v) is 2.74. The summed E-state index contributed by atoms with van der Waals surface area (Å²) in [5.41, 5.74) is 2.14. The second-order valence-electron chi connectivity index (χ2n) is 5.39. The van der Waals surface area contributed by atoms with Gasteiger partial charge in [0.1, 0.15) is 0 Å². The first-order valence-corrected chi connectivity index (χ1v) is 7.24. The molecule has 2 aromatic rings. The van der Waals surface area contributed by atoms with Crippen molar-refractivity contribution in [3.05, 3.63) is 36.5 Å². The van der Waals surface area contributed by atoms with Crippen molar-refractivity contribution >= 4 is 16.6 Å². The maximum Gasteiger partial charge on any atom is 0.0933 e. The third-order valence-corrected chi connectivity index (χ3v) is 3.67. The van der Waals surface area contributed by atoms with Gasteiger partial charge in [-0.15, -0.1) is 0 Å². The highest BCUT2D eigenvalue weighted by molar-refractivity contribution is 5.90. The molecule has 1 saturated heterocycles. The molecule has 1 aliphatic heterocycles. The molecule has 20 heavy (non-hydrogen) atoms. The molecule has 1 aromatic carbocycles. The molecular weight excluding hydrogens is 250 g/mol. The van der Waals surface area contributed by atoms with Crippen LogP contribution in [-0.4, -0.2) is 36.8 Å². The van der Waals surface area contributed by atoms with Gasteiger partial charge in [0.25, 0.3) is 0 Å². The summed E-state index contributed by atoms with van der Waals surface area (Å²) in [7, 11) is 0. The average molecular weight is 271 g/mol. The van der Waals surface area contributed by atoms with Crippen molar-refractivity contribution in [3.8, 4) is 0 Å². The maximum atomic E-state index is 5.50. The molecule has 0 aliphatic carbocycles. The molecule has 2 heterocycles. The molecule has 0 amide bonds. The number of nitrogens with one attached hydrogen (secondary N) is 2. The molecule has 2 N–H and O–H groups in total. The van der Waals surface area contributed by atoms with Crippen molar-refractivity contribution in [2.75, 3.05) is 25.1 Å². The van der Waals surface area contributed by atoms with Crippen LogP contribution in [0.4, 0.5) is 5.69 Å². The Kier molecular flexibility index (Phi) is 4.14. The molecular formula is C16H21N3O. The van der Waals surface area contributed by atoms with Gasteiger partial charge in [-0.3, -0.25) is 4.98 Å². The number of para-hydroxylation sites is 1. The van der Waals surface area contributed by atoms with E-state index in [-0.39, 0.29) is 0 Å². The van der Waals surface area contributed by atoms with Crippen molar-refractivity contribution in [3.63, 3.8) is 0 Å². The summed E-state index contributed by atoms with van der Waals surface area (Å²) < 4.78 is 5.50. The van der Waals surface area contributed by atoms with Gasteiger partial charge < -0.3 is 15.4 Å². The Morgan fingerprint density at radius 2 is 2.30 bits per heavy atom. The van der Waals surface area contributed by atoms with Crippen LogP contribution < -0.4 is 10.6 Å². The minimum absolute atomic E-state index is 0.377. The zero-order valence-corrected chi connectivity index (χ0v) is 11.8. The quantitative estimate of drug-likeness (QED) is 0.896. The van der Waals surface area contributed by atoms with Crippen molar-refractivity contribution < 1.29 is 4.74 Å². The standard InChI is InChI=1S/C16H21N3O/c1-12(10-14-11-20-9-8-17-14)19-15-6-2-4-13-5-3-7-18-16(13)15/h2-7,12,14,17,19H,8-11H2,1H3. The second kappa shape index (κ2) is 6.20. The first kappa shape index (κ1) is 13.3. The van der Waals surface area contributed by atoms with Crippen LogP contribution in [0.1, 0.15) is 13.3 Å². The van der Waals surface area contributed by atoms with E-state index in [9.17, 15) is 0 Å². The van der Waals surface area contributed by atoms with Crippen LogP contribution >= 0.6 is 0 Å². The van der Waals surface area contributed by atoms with Gasteiger partial charge in [0.2, 0.25) is 0 Å². The highest BCUT2D eigenvalue weighted by atomic mass is 16.5. The maximum absolute atomic E-state index is 5.50. The van der Waals surface area contributed by atoms with Crippen LogP contribution in [0.15, 0.2) is 36.5 Å². The van der Waals surface area contributed by atoms with E-state index in [1.807, 2.05) is 12.3 Å². The SMILES string of the molecule is CC(CC1COCCN1)Nc1cccc2cccnc12. The van der Waals surface area contributed by atoms with Gasteiger partial charge in [0.05, 0.1) is 24.4 Å². The number of benzene rings is 1. The Morgan fingerprint density at radius 3 is 3.15 bits per heavy atom. The number of nitrogens with zero attached hydrogens (tertiary/aromatic N) is 1. The minimum atomic E-state index is 0.377. The summed E-state index contributed by atoms with van der Waals surface area (Å²) in [6.45, 7) is 4.79. The second-order valence-corrected chi connectivity index (χ2v) is 5.39. The first-order valence-electron chi connectivity index (χ1n) is 7.24. The molecule has 0 saturated carbocycles. The van der Waals surface area contributed by atoms with Gasteiger partial charge in [0.15, 0.2) is 0 Å². The first-order chi connectivity index (χ1) is 9.83. The van der Waals surface area contributed by atoms with Gasteiger partial charge >= 0.3 is 0 Å². The van der Waals surface area contributed by atoms with Gasteiger partial charge in [-0.25, -0.2) is 0 Å². The van der Waals surface area contributed by atoms with Gasteiger partial charge in [-0.05, 0) is 25.5 Å². The molecule has 3 rings (SSSR count). The lowest BCUT2D eigenvalue weighted by Gasteiger charge is -2.27. The molecule has 4 nitrogen and oxygen atoms in total. The average Bonchev–Trinajstić information content (AvgIpc) is 2.48. The fourth-order valence-electron chi connectivity index (χ4n) is 2.74. The van der Waals surface area contributed by atoms with Crippen LogP contribution in [-0.2, 0) is 4.74 Å². The third kappa shape index (κ3) is 3.08. The largest absolute Gasteiger partial charge is 0.381 e. The van der Waals surface area contributed by atoms with Crippen LogP contribution in [0.2, 0.25) is 0 Å². The van der Waals surface area contributed by atoms with E-state index in [1.54, 1.807) is 0 Å². The zero-order chi connectivity index (χ0) is 13.8. The Hall–Kier alpha value is -1.65. The lowest BCUT2D eigenvalue weighted by Crippen LogP contribution is -2.43. The molecule has 1 aliphatic rings. The number of ether oxygens (including phenoxy) is 1. The predicted molar refractivity (Wildman–Crippen MR) is 82.1 cm³/mol. The number of morpholine rings is 1. The number of pyridine rings is 1. The lowest BCUT2D eigenvalue weighted by molar-refractivity contribution is 0.0731. The van der Waals surface area contributed by atoms with E-state index in [1.165, 1.54) is 5.39 Å². The van der Waals surface area contributed by atoms with E-state index < -0.39 is 0 Å². The fraction of sp³-hybridized carbons (Fsp3) is 0.438. The predicted octanol–water partition coefficient (Wildman–Crippen LogP) is 2.41. The van der Waals surface area contributed by atoms with Gasteiger partial charge in [0, 0.05) is 30.2 Å². The summed E-state index contributed by atoms with van der Waals surface area (Å²) in [6, 6.07) is 11.1. The Balaban J connectivity index is 1.69. The van der Waals surface area contributed by atoms with Gasteiger partial charge in [-0.1, -0.05) is 18.2 Å². The molecule has 0 spiro atoms. The van der Waals surface area contributed by atoms with Gasteiger partial charge in [-0.2, -0.15) is 0 Å². The molecule has 106 valence electrons. The van der Waals surface area contributed by atoms with E-state index >= 15 is 0 Å². The van der Waals surface area contributed by atoms with Crippen molar-refractivity contribution in [2.45, 2.75) is 25.4 Å². The number of rotatable bonds is 4. The number of hydrogen-bond acceptors (Lipinski definition) is 4. The van der Waals surface area contributed by atoms with Crippen molar-refractivity contribution in [1.82, 2.24) is 10.3 Å². The summed E-state index contributed by atoms with van der Waals surface area (Å²) in [4.78, 5) is 4.48. The normalized spacial score (nSPS) is 20.8. The molecule has 1 aromatic heterocycles. The van der Waals surface area contributed by atoms with Crippen LogP contribution in [0.25, 0.3) is 10.9 Å². The Labute approximate surface area is 119 Å². The monoisotopic (exact) mass is 271 g/mol. The van der Waals surface area contributed by atoms with E-state index in [0.717, 1.165) is 37.4 Å². The van der Waals surface area contributed by atoms with E-state index in [4.69, 9.17) is 4.74 Å². The summed E-state index contributed by atoms with van der Waals surface area (Å²) in [5, 5.41) is 8.24. The number of hydrogen-bond donors (Lipinski definition) is 2.